The summed E-state index contributed by atoms with van der Waals surface area (Å²) in [5, 5.41) is 12.5. The fraction of sp³-hybridized carbons (Fsp3) is 0.524. The van der Waals surface area contributed by atoms with Crippen LogP contribution in [0.5, 0.6) is 5.75 Å². The molecule has 0 unspecified atom stereocenters. The maximum atomic E-state index is 15.2. The summed E-state index contributed by atoms with van der Waals surface area (Å²) in [5.41, 5.74) is -1.28. The second-order valence-corrected chi connectivity index (χ2v) is 8.50. The molecule has 1 aliphatic carbocycles. The molecular formula is C21H22F3N3O4. The molecule has 0 radical (unpaired) electrons. The van der Waals surface area contributed by atoms with E-state index in [4.69, 9.17) is 4.74 Å². The molecule has 2 aliphatic heterocycles. The lowest BCUT2D eigenvalue weighted by Crippen LogP contribution is -2.32. The van der Waals surface area contributed by atoms with Gasteiger partial charge in [0.2, 0.25) is 5.43 Å². The maximum Gasteiger partial charge on any atom is 0.341 e. The Balaban J connectivity index is 1.61. The summed E-state index contributed by atoms with van der Waals surface area (Å²) < 4.78 is 50.5. The summed E-state index contributed by atoms with van der Waals surface area (Å²) in [7, 11) is 0. The number of nitrogens with zero attached hydrogens (tertiary/aromatic N) is 2. The molecule has 3 atom stereocenters. The molecule has 10 heteroatoms. The Labute approximate surface area is 175 Å². The Morgan fingerprint density at radius 2 is 2.10 bits per heavy atom. The second kappa shape index (κ2) is 7.44. The van der Waals surface area contributed by atoms with Crippen LogP contribution >= 0.6 is 0 Å². The van der Waals surface area contributed by atoms with E-state index in [0.29, 0.717) is 12.6 Å². The van der Waals surface area contributed by atoms with Gasteiger partial charge in [0.15, 0.2) is 11.6 Å². The van der Waals surface area contributed by atoms with Gasteiger partial charge in [-0.3, -0.25) is 4.79 Å². The molecule has 1 saturated carbocycles. The van der Waals surface area contributed by atoms with Crippen molar-refractivity contribution in [3.8, 4) is 5.75 Å². The van der Waals surface area contributed by atoms with E-state index in [1.54, 1.807) is 4.90 Å². The van der Waals surface area contributed by atoms with Crippen molar-refractivity contribution in [3.05, 3.63) is 33.9 Å². The number of benzene rings is 1. The fourth-order valence-corrected chi connectivity index (χ4v) is 4.51. The van der Waals surface area contributed by atoms with Gasteiger partial charge in [0.05, 0.1) is 16.9 Å². The monoisotopic (exact) mass is 437 g/mol. The molecule has 31 heavy (non-hydrogen) atoms. The Morgan fingerprint density at radius 3 is 2.77 bits per heavy atom. The van der Waals surface area contributed by atoms with Crippen molar-refractivity contribution in [2.75, 3.05) is 37.8 Å². The van der Waals surface area contributed by atoms with E-state index in [2.05, 4.69) is 5.32 Å². The van der Waals surface area contributed by atoms with Gasteiger partial charge in [0, 0.05) is 37.8 Å². The van der Waals surface area contributed by atoms with Gasteiger partial charge in [-0.15, -0.1) is 0 Å². The third kappa shape index (κ3) is 3.33. The van der Waals surface area contributed by atoms with Crippen LogP contribution in [0.15, 0.2) is 17.1 Å². The summed E-state index contributed by atoms with van der Waals surface area (Å²) in [6.07, 6.45) is 2.08. The standard InChI is InChI=1S/C21H22F3N3O4/c22-4-12-9-31-20-17-13(19(28)14(21(29)30)7-27(12)17)3-15(23)18(20)26-6-10(16(24)8-26)5-25-11-1-2-11/h3,7,10-12,16,25H,1-2,4-6,8-9H2,(H,29,30)/t10-,12-,16-/m0/s1. The first kappa shape index (κ1) is 20.2. The van der Waals surface area contributed by atoms with E-state index in [1.165, 1.54) is 4.57 Å². The number of aromatic carboxylic acids is 1. The van der Waals surface area contributed by atoms with Gasteiger partial charge in [-0.2, -0.15) is 0 Å². The minimum atomic E-state index is -1.48. The number of pyridine rings is 1. The zero-order valence-corrected chi connectivity index (χ0v) is 16.6. The molecule has 1 aromatic carbocycles. The van der Waals surface area contributed by atoms with Crippen molar-refractivity contribution in [2.45, 2.75) is 31.1 Å². The molecule has 1 aromatic heterocycles. The molecular weight excluding hydrogens is 415 g/mol. The maximum absolute atomic E-state index is 15.2. The fourth-order valence-electron chi connectivity index (χ4n) is 4.51. The van der Waals surface area contributed by atoms with Crippen LogP contribution in [0, 0.1) is 11.7 Å². The van der Waals surface area contributed by atoms with Gasteiger partial charge >= 0.3 is 5.97 Å². The quantitative estimate of drug-likeness (QED) is 0.722. The predicted molar refractivity (Wildman–Crippen MR) is 107 cm³/mol. The minimum Gasteiger partial charge on any atom is -0.487 e. The van der Waals surface area contributed by atoms with Crippen molar-refractivity contribution >= 4 is 22.6 Å². The lowest BCUT2D eigenvalue weighted by Gasteiger charge is -2.31. The zero-order valence-electron chi connectivity index (χ0n) is 16.6. The molecule has 7 nitrogen and oxygen atoms in total. The SMILES string of the molecule is O=C(O)c1cn2c3c(c(N4C[C@H](CNC5CC5)[C@@H](F)C4)c(F)cc3c1=O)OC[C@@H]2CF. The van der Waals surface area contributed by atoms with Crippen LogP contribution in [0.25, 0.3) is 10.9 Å². The number of nitrogens with one attached hydrogen (secondary N) is 1. The van der Waals surface area contributed by atoms with Crippen LogP contribution in [0.2, 0.25) is 0 Å². The molecule has 0 bridgehead atoms. The Morgan fingerprint density at radius 1 is 1.32 bits per heavy atom. The van der Waals surface area contributed by atoms with E-state index >= 15 is 4.39 Å². The molecule has 0 amide bonds. The summed E-state index contributed by atoms with van der Waals surface area (Å²) >= 11 is 0. The highest BCUT2D eigenvalue weighted by molar-refractivity contribution is 5.97. The highest BCUT2D eigenvalue weighted by atomic mass is 19.1. The van der Waals surface area contributed by atoms with Crippen molar-refractivity contribution in [1.29, 1.82) is 0 Å². The Hall–Kier alpha value is -2.75. The molecule has 1 saturated heterocycles. The number of carboxylic acids is 1. The van der Waals surface area contributed by atoms with E-state index in [-0.39, 0.29) is 48.0 Å². The Bertz CT molecular complexity index is 1120. The number of ether oxygens (including phenoxy) is 1. The van der Waals surface area contributed by atoms with E-state index in [1.807, 2.05) is 0 Å². The van der Waals surface area contributed by atoms with Gasteiger partial charge in [-0.05, 0) is 18.9 Å². The summed E-state index contributed by atoms with van der Waals surface area (Å²) in [6.45, 7) is -0.279. The lowest BCUT2D eigenvalue weighted by atomic mass is 10.1. The molecule has 3 heterocycles. The highest BCUT2D eigenvalue weighted by Gasteiger charge is 2.38. The highest BCUT2D eigenvalue weighted by Crippen LogP contribution is 2.43. The Kier molecular flexibility index (Phi) is 4.84. The summed E-state index contributed by atoms with van der Waals surface area (Å²) in [4.78, 5) is 25.7. The topological polar surface area (TPSA) is 83.8 Å². The van der Waals surface area contributed by atoms with Crippen LogP contribution < -0.4 is 20.4 Å². The third-order valence-electron chi connectivity index (χ3n) is 6.34. The molecule has 2 N–H and O–H groups in total. The molecule has 5 rings (SSSR count). The number of carbonyl (C=O) groups is 1. The van der Waals surface area contributed by atoms with Crippen LogP contribution in [-0.4, -0.2) is 60.8 Å². The summed E-state index contributed by atoms with van der Waals surface area (Å²) in [6, 6.07) is 0.528. The largest absolute Gasteiger partial charge is 0.487 e. The summed E-state index contributed by atoms with van der Waals surface area (Å²) in [5.74, 6) is -2.56. The number of anilines is 1. The lowest BCUT2D eigenvalue weighted by molar-refractivity contribution is 0.0694. The van der Waals surface area contributed by atoms with E-state index in [9.17, 15) is 23.5 Å². The normalized spacial score (nSPS) is 25.1. The van der Waals surface area contributed by atoms with Gasteiger partial charge in [-0.1, -0.05) is 0 Å². The number of hydrogen-bond acceptors (Lipinski definition) is 5. The van der Waals surface area contributed by atoms with Crippen LogP contribution in [-0.2, 0) is 0 Å². The second-order valence-electron chi connectivity index (χ2n) is 8.50. The molecule has 2 aromatic rings. The van der Waals surface area contributed by atoms with Crippen molar-refractivity contribution < 1.29 is 27.8 Å². The van der Waals surface area contributed by atoms with E-state index < -0.39 is 41.7 Å². The average Bonchev–Trinajstić information content (AvgIpc) is 3.50. The van der Waals surface area contributed by atoms with Crippen molar-refractivity contribution in [1.82, 2.24) is 9.88 Å². The number of halogens is 3. The zero-order chi connectivity index (χ0) is 21.9. The van der Waals surface area contributed by atoms with Crippen molar-refractivity contribution in [2.24, 2.45) is 5.92 Å². The van der Waals surface area contributed by atoms with Crippen LogP contribution in [0.1, 0.15) is 29.2 Å². The molecule has 0 spiro atoms. The minimum absolute atomic E-state index is 0.0248. The predicted octanol–water partition coefficient (Wildman–Crippen LogP) is 2.27. The molecule has 3 aliphatic rings. The van der Waals surface area contributed by atoms with Crippen LogP contribution in [0.4, 0.5) is 18.9 Å². The third-order valence-corrected chi connectivity index (χ3v) is 6.34. The average molecular weight is 437 g/mol. The van der Waals surface area contributed by atoms with Crippen molar-refractivity contribution in [3.63, 3.8) is 0 Å². The number of rotatable bonds is 6. The number of hydrogen-bond donors (Lipinski definition) is 2. The number of aromatic nitrogens is 1. The first-order valence-electron chi connectivity index (χ1n) is 10.3. The van der Waals surface area contributed by atoms with Gasteiger partial charge < -0.3 is 24.6 Å². The van der Waals surface area contributed by atoms with E-state index in [0.717, 1.165) is 25.1 Å². The first-order valence-corrected chi connectivity index (χ1v) is 10.3. The van der Waals surface area contributed by atoms with Gasteiger partial charge in [0.25, 0.3) is 0 Å². The van der Waals surface area contributed by atoms with Crippen LogP contribution in [0.3, 0.4) is 0 Å². The van der Waals surface area contributed by atoms with Gasteiger partial charge in [0.1, 0.15) is 30.7 Å². The first-order chi connectivity index (χ1) is 14.9. The smallest absolute Gasteiger partial charge is 0.341 e. The van der Waals surface area contributed by atoms with Gasteiger partial charge in [-0.25, -0.2) is 18.0 Å². The number of carboxylic acid groups (broad SMARTS) is 1. The number of alkyl halides is 2. The molecule has 2 fully saturated rings. The molecule has 166 valence electrons.